The van der Waals surface area contributed by atoms with Crippen LogP contribution < -0.4 is 5.32 Å². The summed E-state index contributed by atoms with van der Waals surface area (Å²) >= 11 is 12.3. The molecule has 0 saturated carbocycles. The van der Waals surface area contributed by atoms with Crippen LogP contribution in [0.3, 0.4) is 0 Å². The highest BCUT2D eigenvalue weighted by molar-refractivity contribution is 7.89. The molecule has 2 amide bonds. The van der Waals surface area contributed by atoms with Gasteiger partial charge < -0.3 is 15.0 Å². The number of nitrogens with one attached hydrogen (secondary N) is 1. The Morgan fingerprint density at radius 1 is 1.16 bits per heavy atom. The fraction of sp³-hybridized carbons (Fsp3) is 0.600. The normalized spacial score (nSPS) is 20.5. The van der Waals surface area contributed by atoms with Crippen molar-refractivity contribution in [2.24, 2.45) is 5.92 Å². The van der Waals surface area contributed by atoms with Gasteiger partial charge in [0, 0.05) is 39.1 Å². The summed E-state index contributed by atoms with van der Waals surface area (Å²) < 4.78 is 32.4. The number of hydrogen-bond donors (Lipinski definition) is 1. The SMILES string of the molecule is CC1CCCN(C(=O)CCNC(=O)c2cc(S(=O)(=O)N3CCOCC3)c(Cl)cc2Cl)C1. The number of nitrogens with zero attached hydrogens (tertiary/aromatic N) is 2. The van der Waals surface area contributed by atoms with Gasteiger partial charge in [0.2, 0.25) is 15.9 Å². The predicted octanol–water partition coefficient (Wildman–Crippen LogP) is 2.39. The van der Waals surface area contributed by atoms with Gasteiger partial charge in [0.15, 0.2) is 0 Å². The number of carbonyl (C=O) groups excluding carboxylic acids is 2. The van der Waals surface area contributed by atoms with E-state index in [2.05, 4.69) is 12.2 Å². The second-order valence-corrected chi connectivity index (χ2v) is 10.6. The van der Waals surface area contributed by atoms with E-state index >= 15 is 0 Å². The first-order chi connectivity index (χ1) is 14.7. The maximum Gasteiger partial charge on any atom is 0.252 e. The average molecular weight is 492 g/mol. The average Bonchev–Trinajstić information content (AvgIpc) is 2.74. The van der Waals surface area contributed by atoms with Crippen LogP contribution in [0, 0.1) is 5.92 Å². The Morgan fingerprint density at radius 3 is 2.55 bits per heavy atom. The van der Waals surface area contributed by atoms with Crippen LogP contribution in [0.4, 0.5) is 0 Å². The molecule has 0 aromatic heterocycles. The maximum atomic E-state index is 13.0. The molecule has 11 heteroatoms. The van der Waals surface area contributed by atoms with E-state index in [0.29, 0.717) is 19.1 Å². The van der Waals surface area contributed by atoms with Gasteiger partial charge in [-0.3, -0.25) is 9.59 Å². The molecule has 1 N–H and O–H groups in total. The van der Waals surface area contributed by atoms with E-state index in [1.807, 2.05) is 4.90 Å². The van der Waals surface area contributed by atoms with Gasteiger partial charge in [-0.1, -0.05) is 30.1 Å². The lowest BCUT2D eigenvalue weighted by Crippen LogP contribution is -2.41. The van der Waals surface area contributed by atoms with Crippen molar-refractivity contribution in [2.75, 3.05) is 45.9 Å². The third kappa shape index (κ3) is 5.90. The highest BCUT2D eigenvalue weighted by Gasteiger charge is 2.30. The molecule has 1 unspecified atom stereocenters. The Bertz CT molecular complexity index is 935. The molecule has 0 spiro atoms. The molecule has 1 atom stereocenters. The second-order valence-electron chi connectivity index (χ2n) is 7.87. The van der Waals surface area contributed by atoms with E-state index in [1.165, 1.54) is 16.4 Å². The Hall–Kier alpha value is -1.39. The summed E-state index contributed by atoms with van der Waals surface area (Å²) in [4.78, 5) is 26.7. The van der Waals surface area contributed by atoms with Gasteiger partial charge in [-0.25, -0.2) is 8.42 Å². The standard InChI is InChI=1S/C20H27Cl2N3O5S/c1-14-3-2-6-24(13-14)19(26)4-5-23-20(27)15-11-18(17(22)12-16(15)21)31(28,29)25-7-9-30-10-8-25/h11-12,14H,2-10,13H2,1H3,(H,23,27). The van der Waals surface area contributed by atoms with Crippen LogP contribution in [0.2, 0.25) is 10.0 Å². The minimum absolute atomic E-state index is 0.00283. The third-order valence-corrected chi connectivity index (χ3v) is 8.16. The fourth-order valence-electron chi connectivity index (χ4n) is 3.78. The lowest BCUT2D eigenvalue weighted by molar-refractivity contribution is -0.132. The van der Waals surface area contributed by atoms with E-state index < -0.39 is 15.9 Å². The lowest BCUT2D eigenvalue weighted by atomic mass is 10.00. The first-order valence-corrected chi connectivity index (χ1v) is 12.5. The van der Waals surface area contributed by atoms with E-state index in [-0.39, 0.29) is 52.5 Å². The Labute approximate surface area is 192 Å². The van der Waals surface area contributed by atoms with Crippen LogP contribution in [-0.2, 0) is 19.6 Å². The van der Waals surface area contributed by atoms with Gasteiger partial charge in [-0.05, 0) is 30.9 Å². The van der Waals surface area contributed by atoms with Crippen LogP contribution in [0.25, 0.3) is 0 Å². The molecule has 31 heavy (non-hydrogen) atoms. The van der Waals surface area contributed by atoms with E-state index in [4.69, 9.17) is 27.9 Å². The van der Waals surface area contributed by atoms with E-state index in [0.717, 1.165) is 25.9 Å². The highest BCUT2D eigenvalue weighted by atomic mass is 35.5. The monoisotopic (exact) mass is 491 g/mol. The number of hydrogen-bond acceptors (Lipinski definition) is 5. The van der Waals surface area contributed by atoms with E-state index in [1.54, 1.807) is 0 Å². The molecule has 2 aliphatic rings. The number of morpholine rings is 1. The number of halogens is 2. The molecule has 2 aliphatic heterocycles. The van der Waals surface area contributed by atoms with Gasteiger partial charge in [-0.2, -0.15) is 4.31 Å². The Balaban J connectivity index is 1.67. The Morgan fingerprint density at radius 2 is 1.87 bits per heavy atom. The van der Waals surface area contributed by atoms with Gasteiger partial charge >= 0.3 is 0 Å². The highest BCUT2D eigenvalue weighted by Crippen LogP contribution is 2.31. The van der Waals surface area contributed by atoms with Crippen molar-refractivity contribution in [2.45, 2.75) is 31.1 Å². The maximum absolute atomic E-state index is 13.0. The number of amides is 2. The quantitative estimate of drug-likeness (QED) is 0.658. The van der Waals surface area contributed by atoms with Crippen molar-refractivity contribution in [3.8, 4) is 0 Å². The topological polar surface area (TPSA) is 96.0 Å². The van der Waals surface area contributed by atoms with Crippen molar-refractivity contribution in [1.82, 2.24) is 14.5 Å². The Kier molecular flexibility index (Phi) is 8.20. The zero-order valence-corrected chi connectivity index (χ0v) is 19.7. The lowest BCUT2D eigenvalue weighted by Gasteiger charge is -2.31. The van der Waals surface area contributed by atoms with Crippen LogP contribution in [0.1, 0.15) is 36.5 Å². The minimum atomic E-state index is -3.90. The smallest absolute Gasteiger partial charge is 0.252 e. The number of benzene rings is 1. The molecule has 1 aromatic carbocycles. The summed E-state index contributed by atoms with van der Waals surface area (Å²) in [5.41, 5.74) is -0.00283. The molecule has 2 heterocycles. The zero-order valence-electron chi connectivity index (χ0n) is 17.4. The first kappa shape index (κ1) is 24.3. The van der Waals surface area contributed by atoms with E-state index in [9.17, 15) is 18.0 Å². The third-order valence-electron chi connectivity index (χ3n) is 5.49. The predicted molar refractivity (Wildman–Crippen MR) is 118 cm³/mol. The van der Waals surface area contributed by atoms with Crippen LogP contribution in [-0.4, -0.2) is 75.4 Å². The summed E-state index contributed by atoms with van der Waals surface area (Å²) in [6.45, 7) is 4.73. The molecular weight excluding hydrogens is 465 g/mol. The number of piperidine rings is 1. The van der Waals surface area contributed by atoms with Gasteiger partial charge in [0.25, 0.3) is 5.91 Å². The van der Waals surface area contributed by atoms with Gasteiger partial charge in [-0.15, -0.1) is 0 Å². The molecular formula is C20H27Cl2N3O5S. The van der Waals surface area contributed by atoms with Crippen molar-refractivity contribution < 1.29 is 22.7 Å². The number of ether oxygens (including phenoxy) is 1. The summed E-state index contributed by atoms with van der Waals surface area (Å²) in [5.74, 6) is -0.0865. The summed E-state index contributed by atoms with van der Waals surface area (Å²) in [7, 11) is -3.90. The summed E-state index contributed by atoms with van der Waals surface area (Å²) in [5, 5.41) is 2.64. The van der Waals surface area contributed by atoms with Crippen molar-refractivity contribution in [3.63, 3.8) is 0 Å². The van der Waals surface area contributed by atoms with Gasteiger partial charge in [0.05, 0.1) is 28.8 Å². The number of likely N-dealkylation sites (tertiary alicyclic amines) is 1. The minimum Gasteiger partial charge on any atom is -0.379 e. The molecule has 2 fully saturated rings. The number of carbonyl (C=O) groups is 2. The molecule has 0 aliphatic carbocycles. The van der Waals surface area contributed by atoms with Crippen LogP contribution >= 0.6 is 23.2 Å². The first-order valence-electron chi connectivity index (χ1n) is 10.3. The van der Waals surface area contributed by atoms with Crippen LogP contribution in [0.15, 0.2) is 17.0 Å². The summed E-state index contributed by atoms with van der Waals surface area (Å²) in [6, 6.07) is 2.45. The van der Waals surface area contributed by atoms with Crippen molar-refractivity contribution in [1.29, 1.82) is 0 Å². The van der Waals surface area contributed by atoms with Crippen molar-refractivity contribution in [3.05, 3.63) is 27.7 Å². The van der Waals surface area contributed by atoms with Crippen LogP contribution in [0.5, 0.6) is 0 Å². The number of rotatable bonds is 6. The molecule has 0 radical (unpaired) electrons. The molecule has 1 aromatic rings. The largest absolute Gasteiger partial charge is 0.379 e. The second kappa shape index (κ2) is 10.5. The number of sulfonamides is 1. The van der Waals surface area contributed by atoms with Gasteiger partial charge in [0.1, 0.15) is 4.90 Å². The zero-order chi connectivity index (χ0) is 22.6. The molecule has 8 nitrogen and oxygen atoms in total. The molecule has 3 rings (SSSR count). The molecule has 172 valence electrons. The summed E-state index contributed by atoms with van der Waals surface area (Å²) in [6.07, 6.45) is 2.27. The van der Waals surface area contributed by atoms with Crippen molar-refractivity contribution >= 4 is 45.0 Å². The molecule has 2 saturated heterocycles. The fourth-order valence-corrected chi connectivity index (χ4v) is 6.02. The molecule has 0 bridgehead atoms.